The fourth-order valence-electron chi connectivity index (χ4n) is 2.86. The highest BCUT2D eigenvalue weighted by Crippen LogP contribution is 2.28. The molecule has 8 nitrogen and oxygen atoms in total. The molecule has 0 aliphatic carbocycles. The molecule has 0 aromatic heterocycles. The Morgan fingerprint density at radius 1 is 0.833 bits per heavy atom. The van der Waals surface area contributed by atoms with Gasteiger partial charge < -0.3 is 4.74 Å². The molecule has 0 radical (unpaired) electrons. The Kier molecular flexibility index (Phi) is 6.59. The van der Waals surface area contributed by atoms with E-state index in [1.807, 2.05) is 13.8 Å². The quantitative estimate of drug-likeness (QED) is 0.492. The summed E-state index contributed by atoms with van der Waals surface area (Å²) in [5.74, 6) is 0. The largest absolute Gasteiger partial charge is 0.330 e. The number of benzene rings is 2. The monoisotopic (exact) mass is 451 g/mol. The maximum atomic E-state index is 12.7. The van der Waals surface area contributed by atoms with Crippen molar-refractivity contribution in [3.05, 3.63) is 71.1 Å². The molecule has 0 bridgehead atoms. The van der Waals surface area contributed by atoms with Crippen molar-refractivity contribution in [3.8, 4) is 0 Å². The molecule has 3 rings (SSSR count). The van der Waals surface area contributed by atoms with E-state index in [1.165, 1.54) is 24.3 Å². The van der Waals surface area contributed by atoms with Crippen molar-refractivity contribution in [3.63, 3.8) is 0 Å². The van der Waals surface area contributed by atoms with Gasteiger partial charge in [0, 0.05) is 0 Å². The summed E-state index contributed by atoms with van der Waals surface area (Å²) < 4.78 is 66.5. The van der Waals surface area contributed by atoms with Gasteiger partial charge in [-0.3, -0.25) is 13.2 Å². The van der Waals surface area contributed by atoms with Gasteiger partial charge in [0.2, 0.25) is 0 Å². The van der Waals surface area contributed by atoms with Gasteiger partial charge in [0.05, 0.1) is 22.8 Å². The van der Waals surface area contributed by atoms with E-state index in [0.29, 0.717) is 0 Å². The van der Waals surface area contributed by atoms with E-state index in [9.17, 15) is 16.8 Å². The minimum absolute atomic E-state index is 0.0689. The first-order valence-corrected chi connectivity index (χ1v) is 11.9. The lowest BCUT2D eigenvalue weighted by Gasteiger charge is -2.30. The molecule has 1 heterocycles. The lowest BCUT2D eigenvalue weighted by Crippen LogP contribution is -2.45. The van der Waals surface area contributed by atoms with Crippen LogP contribution in [0, 0.1) is 20.4 Å². The number of ether oxygens (including phenoxy) is 1. The number of aryl methyl sites for hydroxylation is 2. The lowest BCUT2D eigenvalue weighted by molar-refractivity contribution is -0.0841. The first kappa shape index (κ1) is 22.4. The third-order valence-corrected chi connectivity index (χ3v) is 7.27. The maximum absolute atomic E-state index is 12.7. The fourth-order valence-corrected chi connectivity index (χ4v) is 5.05. The highest BCUT2D eigenvalue weighted by Gasteiger charge is 2.41. The zero-order valence-corrected chi connectivity index (χ0v) is 18.0. The van der Waals surface area contributed by atoms with Crippen molar-refractivity contribution in [2.45, 2.75) is 48.5 Å². The van der Waals surface area contributed by atoms with Crippen LogP contribution in [0.2, 0.25) is 0 Å². The van der Waals surface area contributed by atoms with Gasteiger partial charge in [-0.25, -0.2) is 6.57 Å². The Morgan fingerprint density at radius 3 is 1.70 bits per heavy atom. The molecule has 1 aliphatic heterocycles. The van der Waals surface area contributed by atoms with Crippen molar-refractivity contribution in [2.24, 2.45) is 0 Å². The van der Waals surface area contributed by atoms with Crippen LogP contribution in [-0.2, 0) is 33.3 Å². The molecule has 1 saturated heterocycles. The first-order chi connectivity index (χ1) is 14.1. The summed E-state index contributed by atoms with van der Waals surface area (Å²) >= 11 is 0. The maximum Gasteiger partial charge on any atom is 0.330 e. The van der Waals surface area contributed by atoms with Crippen LogP contribution in [0.5, 0.6) is 0 Å². The van der Waals surface area contributed by atoms with E-state index in [4.69, 9.17) is 19.7 Å². The van der Waals surface area contributed by atoms with Gasteiger partial charge in [-0.05, 0) is 38.1 Å². The Balaban J connectivity index is 1.84. The average molecular weight is 452 g/mol. The summed E-state index contributed by atoms with van der Waals surface area (Å²) in [5.41, 5.74) is 1.75. The van der Waals surface area contributed by atoms with Crippen molar-refractivity contribution in [1.82, 2.24) is 0 Å². The molecule has 1 fully saturated rings. The van der Waals surface area contributed by atoms with Crippen molar-refractivity contribution >= 4 is 20.2 Å². The van der Waals surface area contributed by atoms with Gasteiger partial charge in [0.25, 0.3) is 20.2 Å². The van der Waals surface area contributed by atoms with Crippen LogP contribution in [0.25, 0.3) is 4.85 Å². The molecule has 10 heteroatoms. The summed E-state index contributed by atoms with van der Waals surface area (Å²) in [5, 5.41) is 0. The molecule has 1 aliphatic rings. The molecule has 2 aromatic carbocycles. The zero-order chi connectivity index (χ0) is 21.9. The van der Waals surface area contributed by atoms with Crippen LogP contribution >= 0.6 is 0 Å². The smallest absolute Gasteiger partial charge is 0.307 e. The molecule has 3 atom stereocenters. The van der Waals surface area contributed by atoms with Gasteiger partial charge in [-0.1, -0.05) is 35.4 Å². The van der Waals surface area contributed by atoms with Crippen molar-refractivity contribution < 1.29 is 29.9 Å². The van der Waals surface area contributed by atoms with Gasteiger partial charge in [0.15, 0.2) is 0 Å². The van der Waals surface area contributed by atoms with Crippen LogP contribution in [0.4, 0.5) is 0 Å². The third-order valence-electron chi connectivity index (χ3n) is 4.57. The van der Waals surface area contributed by atoms with E-state index in [0.717, 1.165) is 11.1 Å². The van der Waals surface area contributed by atoms with Gasteiger partial charge in [-0.2, -0.15) is 16.8 Å². The molecule has 0 spiro atoms. The molecular weight excluding hydrogens is 430 g/mol. The summed E-state index contributed by atoms with van der Waals surface area (Å²) in [6.07, 6.45) is -3.54. The standard InChI is InChI=1S/C20H21NO7S2/c1-14-4-8-16(9-5-14)29(22,23)27-18-12-20(21-3)26-13-19(18)28-30(24,25)17-10-6-15(2)7-11-17/h4-11,18-20H,12-13H2,1-2H3/t18-,19+,20+/m0/s1. The Morgan fingerprint density at radius 2 is 1.27 bits per heavy atom. The highest BCUT2D eigenvalue weighted by atomic mass is 32.2. The second-order valence-corrected chi connectivity index (χ2v) is 10.1. The van der Waals surface area contributed by atoms with Crippen LogP contribution in [0.1, 0.15) is 17.5 Å². The van der Waals surface area contributed by atoms with E-state index in [2.05, 4.69) is 4.85 Å². The summed E-state index contributed by atoms with van der Waals surface area (Å²) in [6, 6.07) is 12.1. The second kappa shape index (κ2) is 8.83. The molecule has 0 unspecified atom stereocenters. The lowest BCUT2D eigenvalue weighted by atomic mass is 10.1. The second-order valence-electron chi connectivity index (χ2n) is 6.96. The molecule has 0 saturated carbocycles. The summed E-state index contributed by atoms with van der Waals surface area (Å²) in [6.45, 7) is 10.5. The molecule has 160 valence electrons. The normalized spacial score (nSPS) is 22.4. The van der Waals surface area contributed by atoms with E-state index in [-0.39, 0.29) is 22.8 Å². The van der Waals surface area contributed by atoms with Crippen LogP contribution in [0.15, 0.2) is 58.3 Å². The third kappa shape index (κ3) is 5.24. The minimum atomic E-state index is -4.20. The van der Waals surface area contributed by atoms with E-state index >= 15 is 0 Å². The number of hydrogen-bond acceptors (Lipinski definition) is 7. The predicted molar refractivity (Wildman–Crippen MR) is 107 cm³/mol. The topological polar surface area (TPSA) is 100 Å². The van der Waals surface area contributed by atoms with Gasteiger partial charge in [-0.15, -0.1) is 0 Å². The van der Waals surface area contributed by atoms with Crippen LogP contribution in [-0.4, -0.2) is 41.9 Å². The fraction of sp³-hybridized carbons (Fsp3) is 0.350. The number of nitrogens with zero attached hydrogens (tertiary/aromatic N) is 1. The highest BCUT2D eigenvalue weighted by molar-refractivity contribution is 7.87. The predicted octanol–water partition coefficient (Wildman–Crippen LogP) is 2.82. The van der Waals surface area contributed by atoms with Crippen LogP contribution < -0.4 is 0 Å². The SMILES string of the molecule is [C-]#[N+][C@H]1C[C@H](OS(=O)(=O)c2ccc(C)cc2)[C@H](OS(=O)(=O)c2ccc(C)cc2)CO1. The number of hydrogen-bond donors (Lipinski definition) is 0. The van der Waals surface area contributed by atoms with E-state index < -0.39 is 38.7 Å². The Bertz CT molecular complexity index is 1140. The molecule has 0 N–H and O–H groups in total. The van der Waals surface area contributed by atoms with Crippen molar-refractivity contribution in [1.29, 1.82) is 0 Å². The molecule has 0 amide bonds. The zero-order valence-electron chi connectivity index (χ0n) is 16.4. The average Bonchev–Trinajstić information content (AvgIpc) is 2.69. The molecule has 2 aromatic rings. The Hall–Kier alpha value is -2.29. The molecular formula is C20H21NO7S2. The summed E-state index contributed by atoms with van der Waals surface area (Å²) in [4.78, 5) is 3.12. The van der Waals surface area contributed by atoms with E-state index in [1.54, 1.807) is 24.3 Å². The minimum Gasteiger partial charge on any atom is -0.307 e. The van der Waals surface area contributed by atoms with Gasteiger partial charge >= 0.3 is 6.23 Å². The number of rotatable bonds is 6. The van der Waals surface area contributed by atoms with Crippen molar-refractivity contribution in [2.75, 3.05) is 6.61 Å². The van der Waals surface area contributed by atoms with Gasteiger partial charge in [0.1, 0.15) is 12.2 Å². The first-order valence-electron chi connectivity index (χ1n) is 9.09. The molecule has 30 heavy (non-hydrogen) atoms. The Labute approximate surface area is 176 Å². The van der Waals surface area contributed by atoms with Crippen LogP contribution in [0.3, 0.4) is 0 Å². The summed E-state index contributed by atoms with van der Waals surface area (Å²) in [7, 11) is -8.39.